The number of hydrogen-bond donors (Lipinski definition) is 2. The Morgan fingerprint density at radius 3 is 2.45 bits per heavy atom. The van der Waals surface area contributed by atoms with E-state index in [0.717, 1.165) is 11.6 Å². The Morgan fingerprint density at radius 1 is 1.00 bits per heavy atom. The molecule has 0 aliphatic carbocycles. The highest BCUT2D eigenvalue weighted by molar-refractivity contribution is 5.92. The summed E-state index contributed by atoms with van der Waals surface area (Å²) in [6, 6.07) is 14.5. The zero-order chi connectivity index (χ0) is 20.8. The molecular formula is C21H18N2O6. The number of aromatic nitrogens is 1. The Balaban J connectivity index is 1.53. The van der Waals surface area contributed by atoms with Crippen molar-refractivity contribution in [2.24, 2.45) is 0 Å². The van der Waals surface area contributed by atoms with E-state index >= 15 is 0 Å². The largest absolute Gasteiger partial charge is 0.465 e. The molecule has 0 spiro atoms. The van der Waals surface area contributed by atoms with Gasteiger partial charge >= 0.3 is 11.9 Å². The van der Waals surface area contributed by atoms with Crippen molar-refractivity contribution < 1.29 is 23.9 Å². The van der Waals surface area contributed by atoms with Gasteiger partial charge in [0.15, 0.2) is 12.0 Å². The number of aromatic amines is 1. The summed E-state index contributed by atoms with van der Waals surface area (Å²) < 4.78 is 9.58. The third-order valence-electron chi connectivity index (χ3n) is 4.16. The van der Waals surface area contributed by atoms with Gasteiger partial charge in [0, 0.05) is 23.5 Å². The van der Waals surface area contributed by atoms with Crippen LogP contribution in [0.15, 0.2) is 59.4 Å². The lowest BCUT2D eigenvalue weighted by atomic mass is 10.1. The number of benzene rings is 2. The van der Waals surface area contributed by atoms with Crippen LogP contribution < -0.4 is 10.7 Å². The van der Waals surface area contributed by atoms with Crippen molar-refractivity contribution in [2.75, 3.05) is 13.7 Å². The van der Waals surface area contributed by atoms with E-state index in [1.54, 1.807) is 48.5 Å². The maximum absolute atomic E-state index is 12.1. The first-order valence-corrected chi connectivity index (χ1v) is 8.71. The monoisotopic (exact) mass is 394 g/mol. The zero-order valence-electron chi connectivity index (χ0n) is 15.6. The molecule has 2 aromatic carbocycles. The third kappa shape index (κ3) is 4.86. The summed E-state index contributed by atoms with van der Waals surface area (Å²) in [6.45, 7) is -0.293. The highest BCUT2D eigenvalue weighted by atomic mass is 16.5. The SMILES string of the molecule is COC(=O)c1ccc(CNC(=O)COC(=O)c2cc(=O)c3ccccc3[nH]2)cc1. The number of fused-ring (bicyclic) bond motifs is 1. The minimum Gasteiger partial charge on any atom is -0.465 e. The summed E-state index contributed by atoms with van der Waals surface area (Å²) >= 11 is 0. The quantitative estimate of drug-likeness (QED) is 0.616. The Labute approximate surface area is 165 Å². The third-order valence-corrected chi connectivity index (χ3v) is 4.16. The van der Waals surface area contributed by atoms with Gasteiger partial charge in [-0.25, -0.2) is 9.59 Å². The molecule has 1 amide bonds. The Hall–Kier alpha value is -3.94. The number of para-hydroxylation sites is 1. The lowest BCUT2D eigenvalue weighted by Gasteiger charge is -2.08. The van der Waals surface area contributed by atoms with Crippen LogP contribution in [0.5, 0.6) is 0 Å². The summed E-state index contributed by atoms with van der Waals surface area (Å²) in [5, 5.41) is 3.06. The molecule has 0 aliphatic heterocycles. The standard InChI is InChI=1S/C21H18N2O6/c1-28-20(26)14-8-6-13(7-9-14)11-22-19(25)12-29-21(27)17-10-18(24)15-4-2-3-5-16(15)23-17/h2-10H,11-12H2,1H3,(H,22,25)(H,23,24). The second-order valence-corrected chi connectivity index (χ2v) is 6.13. The first kappa shape index (κ1) is 19.8. The molecule has 0 radical (unpaired) electrons. The predicted molar refractivity (Wildman–Crippen MR) is 104 cm³/mol. The molecule has 0 atom stereocenters. The van der Waals surface area contributed by atoms with Gasteiger partial charge in [-0.05, 0) is 29.8 Å². The molecular weight excluding hydrogens is 376 g/mol. The number of methoxy groups -OCH3 is 1. The number of carbonyl (C=O) groups excluding carboxylic acids is 3. The van der Waals surface area contributed by atoms with Crippen molar-refractivity contribution in [3.05, 3.63) is 81.6 Å². The fourth-order valence-corrected chi connectivity index (χ4v) is 2.64. The topological polar surface area (TPSA) is 115 Å². The average molecular weight is 394 g/mol. The number of amides is 1. The van der Waals surface area contributed by atoms with E-state index in [1.165, 1.54) is 7.11 Å². The Bertz CT molecular complexity index is 1120. The highest BCUT2D eigenvalue weighted by Gasteiger charge is 2.13. The number of ether oxygens (including phenoxy) is 2. The second kappa shape index (κ2) is 8.83. The van der Waals surface area contributed by atoms with Gasteiger partial charge in [-0.1, -0.05) is 24.3 Å². The van der Waals surface area contributed by atoms with E-state index < -0.39 is 24.5 Å². The van der Waals surface area contributed by atoms with Crippen molar-refractivity contribution in [1.82, 2.24) is 10.3 Å². The van der Waals surface area contributed by atoms with Gasteiger partial charge in [-0.3, -0.25) is 9.59 Å². The van der Waals surface area contributed by atoms with E-state index in [0.29, 0.717) is 16.5 Å². The van der Waals surface area contributed by atoms with Crippen LogP contribution in [0.1, 0.15) is 26.4 Å². The number of H-pyrrole nitrogens is 1. The van der Waals surface area contributed by atoms with E-state index in [9.17, 15) is 19.2 Å². The van der Waals surface area contributed by atoms with Gasteiger partial charge in [0.2, 0.25) is 0 Å². The number of hydrogen-bond acceptors (Lipinski definition) is 6. The molecule has 2 N–H and O–H groups in total. The van der Waals surface area contributed by atoms with Gasteiger partial charge in [-0.2, -0.15) is 0 Å². The van der Waals surface area contributed by atoms with E-state index in [1.807, 2.05) is 0 Å². The molecule has 0 saturated heterocycles. The minimum absolute atomic E-state index is 0.0279. The van der Waals surface area contributed by atoms with Crippen LogP contribution in [0, 0.1) is 0 Å². The fraction of sp³-hybridized carbons (Fsp3) is 0.143. The van der Waals surface area contributed by atoms with Crippen molar-refractivity contribution in [2.45, 2.75) is 6.54 Å². The summed E-state index contributed by atoms with van der Waals surface area (Å²) in [4.78, 5) is 50.3. The first-order valence-electron chi connectivity index (χ1n) is 8.71. The van der Waals surface area contributed by atoms with Crippen LogP contribution in [0.4, 0.5) is 0 Å². The molecule has 1 aromatic heterocycles. The fourth-order valence-electron chi connectivity index (χ4n) is 2.64. The molecule has 0 saturated carbocycles. The maximum atomic E-state index is 12.1. The van der Waals surface area contributed by atoms with Gasteiger partial charge in [-0.15, -0.1) is 0 Å². The number of esters is 2. The van der Waals surface area contributed by atoms with E-state index in [4.69, 9.17) is 4.74 Å². The molecule has 29 heavy (non-hydrogen) atoms. The van der Waals surface area contributed by atoms with Gasteiger partial charge in [0.25, 0.3) is 5.91 Å². The lowest BCUT2D eigenvalue weighted by molar-refractivity contribution is -0.124. The normalized spacial score (nSPS) is 10.4. The van der Waals surface area contributed by atoms with Crippen LogP contribution in [-0.4, -0.2) is 36.5 Å². The van der Waals surface area contributed by atoms with Crippen LogP contribution in [-0.2, 0) is 20.8 Å². The minimum atomic E-state index is -0.801. The molecule has 3 rings (SSSR count). The Morgan fingerprint density at radius 2 is 1.72 bits per heavy atom. The number of nitrogens with one attached hydrogen (secondary N) is 2. The Kier molecular flexibility index (Phi) is 6.03. The van der Waals surface area contributed by atoms with Crippen molar-refractivity contribution >= 4 is 28.7 Å². The van der Waals surface area contributed by atoms with E-state index in [2.05, 4.69) is 15.0 Å². The molecule has 8 nitrogen and oxygen atoms in total. The summed E-state index contributed by atoms with van der Waals surface area (Å²) in [6.07, 6.45) is 0. The average Bonchev–Trinajstić information content (AvgIpc) is 2.75. The first-order chi connectivity index (χ1) is 14.0. The number of pyridine rings is 1. The predicted octanol–water partition coefficient (Wildman–Crippen LogP) is 1.79. The highest BCUT2D eigenvalue weighted by Crippen LogP contribution is 2.08. The van der Waals surface area contributed by atoms with Gasteiger partial charge in [0.05, 0.1) is 12.7 Å². The van der Waals surface area contributed by atoms with Gasteiger partial charge in [0.1, 0.15) is 5.69 Å². The molecule has 148 valence electrons. The number of carbonyl (C=O) groups is 3. The molecule has 3 aromatic rings. The molecule has 1 heterocycles. The van der Waals surface area contributed by atoms with Crippen LogP contribution in [0.25, 0.3) is 10.9 Å². The maximum Gasteiger partial charge on any atom is 0.355 e. The smallest absolute Gasteiger partial charge is 0.355 e. The van der Waals surface area contributed by atoms with Gasteiger partial charge < -0.3 is 19.8 Å². The molecule has 0 bridgehead atoms. The molecule has 0 fully saturated rings. The van der Waals surface area contributed by atoms with Crippen molar-refractivity contribution in [1.29, 1.82) is 0 Å². The van der Waals surface area contributed by atoms with Crippen LogP contribution in [0.2, 0.25) is 0 Å². The van der Waals surface area contributed by atoms with Crippen LogP contribution >= 0.6 is 0 Å². The summed E-state index contributed by atoms with van der Waals surface area (Å²) in [5.41, 5.74) is 1.33. The lowest BCUT2D eigenvalue weighted by Crippen LogP contribution is -2.28. The molecule has 0 aliphatic rings. The van der Waals surface area contributed by atoms with Crippen LogP contribution in [0.3, 0.4) is 0 Å². The summed E-state index contributed by atoms with van der Waals surface area (Å²) in [7, 11) is 1.30. The number of rotatable bonds is 6. The van der Waals surface area contributed by atoms with Crippen molar-refractivity contribution in [3.63, 3.8) is 0 Å². The zero-order valence-corrected chi connectivity index (χ0v) is 15.6. The van der Waals surface area contributed by atoms with Crippen molar-refractivity contribution in [3.8, 4) is 0 Å². The summed E-state index contributed by atoms with van der Waals surface area (Å²) in [5.74, 6) is -1.75. The molecule has 0 unspecified atom stereocenters. The van der Waals surface area contributed by atoms with E-state index in [-0.39, 0.29) is 17.7 Å². The molecule has 8 heteroatoms. The second-order valence-electron chi connectivity index (χ2n) is 6.13.